The van der Waals surface area contributed by atoms with Crippen LogP contribution in [0.4, 0.5) is 0 Å². The van der Waals surface area contributed by atoms with Crippen molar-refractivity contribution in [2.45, 2.75) is 6.92 Å². The van der Waals surface area contributed by atoms with Gasteiger partial charge in [0.25, 0.3) is 0 Å². The van der Waals surface area contributed by atoms with E-state index in [2.05, 4.69) is 48.4 Å². The van der Waals surface area contributed by atoms with Crippen molar-refractivity contribution in [3.63, 3.8) is 0 Å². The first-order valence-electron chi connectivity index (χ1n) is 3.86. The molecule has 11 heavy (non-hydrogen) atoms. The van der Waals surface area contributed by atoms with Crippen LogP contribution in [0.15, 0.2) is 47.9 Å². The molecular formula is C10H11N. The van der Waals surface area contributed by atoms with Gasteiger partial charge in [-0.1, -0.05) is 17.7 Å². The largest absolute Gasteiger partial charge is 0.344 e. The fourth-order valence-corrected chi connectivity index (χ4v) is 1.32. The maximum absolute atomic E-state index is 2.23. The summed E-state index contributed by atoms with van der Waals surface area (Å²) in [5, 5.41) is 0. The van der Waals surface area contributed by atoms with Crippen molar-refractivity contribution in [1.29, 1.82) is 0 Å². The van der Waals surface area contributed by atoms with Gasteiger partial charge in [0.1, 0.15) is 0 Å². The third kappa shape index (κ3) is 1.14. The van der Waals surface area contributed by atoms with E-state index < -0.39 is 0 Å². The van der Waals surface area contributed by atoms with Crippen molar-refractivity contribution >= 4 is 0 Å². The Morgan fingerprint density at radius 3 is 3.18 bits per heavy atom. The predicted octanol–water partition coefficient (Wildman–Crippen LogP) is 2.22. The second-order valence-corrected chi connectivity index (χ2v) is 2.87. The lowest BCUT2D eigenvalue weighted by molar-refractivity contribution is 0.520. The van der Waals surface area contributed by atoms with Crippen LogP contribution < -0.4 is 0 Å². The van der Waals surface area contributed by atoms with E-state index in [1.165, 1.54) is 11.3 Å². The van der Waals surface area contributed by atoms with Gasteiger partial charge in [0, 0.05) is 18.4 Å². The van der Waals surface area contributed by atoms with E-state index in [1.54, 1.807) is 0 Å². The highest BCUT2D eigenvalue weighted by Gasteiger charge is 2.08. The van der Waals surface area contributed by atoms with E-state index in [-0.39, 0.29) is 0 Å². The van der Waals surface area contributed by atoms with E-state index in [1.807, 2.05) is 0 Å². The van der Waals surface area contributed by atoms with E-state index in [4.69, 9.17) is 0 Å². The number of hydrogen-bond acceptors (Lipinski definition) is 1. The number of nitrogens with zero attached hydrogens (tertiary/aromatic N) is 1. The Balaban J connectivity index is 2.33. The lowest BCUT2D eigenvalue weighted by atomic mass is 10.1. The van der Waals surface area contributed by atoms with Crippen molar-refractivity contribution in [2.75, 3.05) is 6.54 Å². The van der Waals surface area contributed by atoms with Gasteiger partial charge in [0.15, 0.2) is 0 Å². The van der Waals surface area contributed by atoms with Crippen molar-refractivity contribution in [3.8, 4) is 0 Å². The molecule has 2 aliphatic heterocycles. The fraction of sp³-hybridized carbons (Fsp3) is 0.200. The second kappa shape index (κ2) is 2.42. The standard InChI is InChI=1S/C10H11N/c1-9-5-7-11-6-3-2-4-10(11)8-9/h2-6,8H,7H2,1H3. The smallest absolute Gasteiger partial charge is 0.0411 e. The summed E-state index contributed by atoms with van der Waals surface area (Å²) in [6, 6.07) is 0. The monoisotopic (exact) mass is 145 g/mol. The molecule has 0 amide bonds. The first-order valence-corrected chi connectivity index (χ1v) is 3.86. The minimum Gasteiger partial charge on any atom is -0.344 e. The quantitative estimate of drug-likeness (QED) is 0.505. The summed E-state index contributed by atoms with van der Waals surface area (Å²) in [7, 11) is 0. The van der Waals surface area contributed by atoms with Crippen LogP contribution in [0.5, 0.6) is 0 Å². The number of fused-ring (bicyclic) bond motifs is 1. The maximum Gasteiger partial charge on any atom is 0.0411 e. The molecule has 0 spiro atoms. The zero-order chi connectivity index (χ0) is 7.68. The van der Waals surface area contributed by atoms with Gasteiger partial charge < -0.3 is 4.90 Å². The Bertz CT molecular complexity index is 279. The minimum atomic E-state index is 1.01. The molecule has 2 rings (SSSR count). The summed E-state index contributed by atoms with van der Waals surface area (Å²) >= 11 is 0. The Morgan fingerprint density at radius 2 is 2.27 bits per heavy atom. The molecule has 2 heterocycles. The van der Waals surface area contributed by atoms with Crippen LogP contribution in [0.25, 0.3) is 0 Å². The van der Waals surface area contributed by atoms with Gasteiger partial charge in [-0.2, -0.15) is 0 Å². The molecule has 56 valence electrons. The predicted molar refractivity (Wildman–Crippen MR) is 46.8 cm³/mol. The zero-order valence-electron chi connectivity index (χ0n) is 6.62. The summed E-state index contributed by atoms with van der Waals surface area (Å²) in [6.07, 6.45) is 12.8. The van der Waals surface area contributed by atoms with Gasteiger partial charge >= 0.3 is 0 Å². The van der Waals surface area contributed by atoms with Gasteiger partial charge in [0.2, 0.25) is 0 Å². The maximum atomic E-state index is 2.23. The van der Waals surface area contributed by atoms with Gasteiger partial charge in [0.05, 0.1) is 0 Å². The van der Waals surface area contributed by atoms with Crippen LogP contribution in [-0.2, 0) is 0 Å². The highest BCUT2D eigenvalue weighted by Crippen LogP contribution is 2.18. The van der Waals surface area contributed by atoms with Crippen LogP contribution >= 0.6 is 0 Å². The van der Waals surface area contributed by atoms with Crippen LogP contribution in [0, 0.1) is 0 Å². The highest BCUT2D eigenvalue weighted by molar-refractivity contribution is 5.37. The molecule has 0 unspecified atom stereocenters. The first kappa shape index (κ1) is 6.47. The van der Waals surface area contributed by atoms with Crippen LogP contribution in [0.3, 0.4) is 0 Å². The number of rotatable bonds is 0. The number of hydrogen-bond donors (Lipinski definition) is 0. The van der Waals surface area contributed by atoms with Crippen LogP contribution in [0.1, 0.15) is 6.92 Å². The fourth-order valence-electron chi connectivity index (χ4n) is 1.32. The van der Waals surface area contributed by atoms with Gasteiger partial charge in [-0.05, 0) is 25.2 Å². The van der Waals surface area contributed by atoms with Crippen molar-refractivity contribution in [3.05, 3.63) is 47.9 Å². The van der Waals surface area contributed by atoms with E-state index in [0.717, 1.165) is 6.54 Å². The average Bonchev–Trinajstić information content (AvgIpc) is 2.04. The highest BCUT2D eigenvalue weighted by atomic mass is 15.1. The number of allylic oxidation sites excluding steroid dienone is 5. The summed E-state index contributed by atoms with van der Waals surface area (Å²) in [6.45, 7) is 3.15. The van der Waals surface area contributed by atoms with Crippen molar-refractivity contribution < 1.29 is 0 Å². The molecule has 0 radical (unpaired) electrons. The minimum absolute atomic E-state index is 1.01. The molecule has 0 fully saturated rings. The Hall–Kier alpha value is -1.24. The molecule has 2 aliphatic rings. The Kier molecular flexibility index (Phi) is 1.42. The molecule has 0 bridgehead atoms. The molecule has 0 aliphatic carbocycles. The SMILES string of the molecule is CC1=CCN2C=CC=CC2=C1. The van der Waals surface area contributed by atoms with Crippen LogP contribution in [0.2, 0.25) is 0 Å². The third-order valence-corrected chi connectivity index (χ3v) is 1.96. The van der Waals surface area contributed by atoms with Gasteiger partial charge in [-0.3, -0.25) is 0 Å². The third-order valence-electron chi connectivity index (χ3n) is 1.96. The Labute approximate surface area is 67.0 Å². The molecule has 0 aromatic heterocycles. The normalized spacial score (nSPS) is 21.0. The molecule has 1 nitrogen and oxygen atoms in total. The molecule has 0 saturated heterocycles. The first-order chi connectivity index (χ1) is 5.36. The van der Waals surface area contributed by atoms with Gasteiger partial charge in [-0.15, -0.1) is 0 Å². The van der Waals surface area contributed by atoms with Crippen molar-refractivity contribution in [1.82, 2.24) is 4.90 Å². The second-order valence-electron chi connectivity index (χ2n) is 2.87. The zero-order valence-corrected chi connectivity index (χ0v) is 6.62. The van der Waals surface area contributed by atoms with Crippen molar-refractivity contribution in [2.24, 2.45) is 0 Å². The molecule has 0 atom stereocenters. The molecule has 0 N–H and O–H groups in total. The lowest BCUT2D eigenvalue weighted by Gasteiger charge is -2.25. The summed E-state index contributed by atoms with van der Waals surface area (Å²) in [4.78, 5) is 2.23. The van der Waals surface area contributed by atoms with E-state index >= 15 is 0 Å². The molecule has 0 aromatic rings. The van der Waals surface area contributed by atoms with E-state index in [9.17, 15) is 0 Å². The summed E-state index contributed by atoms with van der Waals surface area (Å²) in [5.74, 6) is 0. The van der Waals surface area contributed by atoms with Gasteiger partial charge in [-0.25, -0.2) is 0 Å². The molecule has 0 aromatic carbocycles. The summed E-state index contributed by atoms with van der Waals surface area (Å²) in [5.41, 5.74) is 2.66. The molecular weight excluding hydrogens is 134 g/mol. The van der Waals surface area contributed by atoms with Crippen LogP contribution in [-0.4, -0.2) is 11.4 Å². The molecule has 1 heteroatoms. The average molecular weight is 145 g/mol. The summed E-state index contributed by atoms with van der Waals surface area (Å²) < 4.78 is 0. The Morgan fingerprint density at radius 1 is 1.36 bits per heavy atom. The molecule has 0 saturated carbocycles. The van der Waals surface area contributed by atoms with E-state index in [0.29, 0.717) is 0 Å². The topological polar surface area (TPSA) is 3.24 Å². The lowest BCUT2D eigenvalue weighted by Crippen LogP contribution is -2.19.